The maximum Gasteiger partial charge on any atom is 0.573 e. The second-order valence-corrected chi connectivity index (χ2v) is 8.79. The summed E-state index contributed by atoms with van der Waals surface area (Å²) in [7, 11) is -3.94. The van der Waals surface area contributed by atoms with Crippen molar-refractivity contribution in [2.75, 3.05) is 32.7 Å². The second-order valence-electron chi connectivity index (χ2n) is 6.85. The number of benzene rings is 2. The first-order chi connectivity index (χ1) is 15.1. The third kappa shape index (κ3) is 5.98. The van der Waals surface area contributed by atoms with Crippen LogP contribution in [-0.4, -0.2) is 68.5 Å². The van der Waals surface area contributed by atoms with Gasteiger partial charge < -0.3 is 15.0 Å². The van der Waals surface area contributed by atoms with Gasteiger partial charge >= 0.3 is 6.36 Å². The van der Waals surface area contributed by atoms with Crippen LogP contribution in [0.1, 0.15) is 10.4 Å². The lowest BCUT2D eigenvalue weighted by Gasteiger charge is -2.34. The van der Waals surface area contributed by atoms with Crippen molar-refractivity contribution in [3.05, 3.63) is 60.2 Å². The van der Waals surface area contributed by atoms with Gasteiger partial charge in [0.2, 0.25) is 15.9 Å². The Kier molecular flexibility index (Phi) is 7.04. The van der Waals surface area contributed by atoms with Crippen LogP contribution in [0.4, 0.5) is 13.2 Å². The Labute approximate surface area is 182 Å². The Morgan fingerprint density at radius 3 is 2.09 bits per heavy atom. The highest BCUT2D eigenvalue weighted by atomic mass is 32.2. The summed E-state index contributed by atoms with van der Waals surface area (Å²) in [6.45, 7) is 0.0488. The molecule has 0 spiro atoms. The van der Waals surface area contributed by atoms with Crippen molar-refractivity contribution >= 4 is 21.8 Å². The number of carbonyl (C=O) groups is 2. The first-order valence-corrected chi connectivity index (χ1v) is 11.0. The van der Waals surface area contributed by atoms with Crippen LogP contribution in [0.3, 0.4) is 0 Å². The van der Waals surface area contributed by atoms with Gasteiger partial charge in [0.15, 0.2) is 0 Å². The molecule has 1 heterocycles. The molecule has 0 bridgehead atoms. The molecule has 0 atom stereocenters. The average molecular weight is 471 g/mol. The fraction of sp³-hybridized carbons (Fsp3) is 0.300. The Morgan fingerprint density at radius 2 is 1.53 bits per heavy atom. The molecule has 0 aromatic heterocycles. The minimum Gasteiger partial charge on any atom is -0.406 e. The number of hydrogen-bond donors (Lipinski definition) is 1. The standard InChI is InChI=1S/C20H20F3N3O5S/c21-20(22,23)31-16-6-8-17(9-7-16)32(29,30)26-12-10-25(11-13-26)18(27)14-24-19(28)15-4-2-1-3-5-15/h1-9H,10-14H2,(H,24,28). The number of sulfonamides is 1. The Balaban J connectivity index is 1.53. The molecule has 0 aliphatic carbocycles. The van der Waals surface area contributed by atoms with E-state index >= 15 is 0 Å². The van der Waals surface area contributed by atoms with Crippen molar-refractivity contribution in [2.24, 2.45) is 0 Å². The predicted octanol–water partition coefficient (Wildman–Crippen LogP) is 1.85. The number of rotatable bonds is 6. The molecule has 3 rings (SSSR count). The molecular weight excluding hydrogens is 451 g/mol. The lowest BCUT2D eigenvalue weighted by molar-refractivity contribution is -0.274. The molecule has 1 fully saturated rings. The van der Waals surface area contributed by atoms with E-state index in [-0.39, 0.29) is 43.5 Å². The van der Waals surface area contributed by atoms with E-state index in [1.165, 1.54) is 4.90 Å². The van der Waals surface area contributed by atoms with E-state index in [2.05, 4.69) is 10.1 Å². The largest absolute Gasteiger partial charge is 0.573 e. The van der Waals surface area contributed by atoms with Crippen LogP contribution in [0.5, 0.6) is 5.75 Å². The minimum atomic E-state index is -4.87. The smallest absolute Gasteiger partial charge is 0.406 e. The van der Waals surface area contributed by atoms with Crippen molar-refractivity contribution < 1.29 is 35.9 Å². The summed E-state index contributed by atoms with van der Waals surface area (Å²) in [6, 6.07) is 12.3. The Hall–Kier alpha value is -3.12. The molecule has 1 aliphatic rings. The van der Waals surface area contributed by atoms with E-state index in [1.54, 1.807) is 30.3 Å². The monoisotopic (exact) mass is 471 g/mol. The van der Waals surface area contributed by atoms with Crippen molar-refractivity contribution in [3.63, 3.8) is 0 Å². The SMILES string of the molecule is O=C(NCC(=O)N1CCN(S(=O)(=O)c2ccc(OC(F)(F)F)cc2)CC1)c1ccccc1. The van der Waals surface area contributed by atoms with Crippen molar-refractivity contribution in [1.29, 1.82) is 0 Å². The van der Waals surface area contributed by atoms with Crippen LogP contribution in [0.2, 0.25) is 0 Å². The number of piperazine rings is 1. The van der Waals surface area contributed by atoms with E-state index in [0.29, 0.717) is 5.56 Å². The van der Waals surface area contributed by atoms with Crippen LogP contribution in [0.25, 0.3) is 0 Å². The maximum atomic E-state index is 12.7. The first-order valence-electron chi connectivity index (χ1n) is 9.53. The molecular formula is C20H20F3N3O5S. The summed E-state index contributed by atoms with van der Waals surface area (Å²) in [4.78, 5) is 25.6. The van der Waals surface area contributed by atoms with E-state index in [1.807, 2.05) is 0 Å². The maximum absolute atomic E-state index is 12.7. The fourth-order valence-electron chi connectivity index (χ4n) is 3.10. The fourth-order valence-corrected chi connectivity index (χ4v) is 4.52. The normalized spacial score (nSPS) is 15.3. The van der Waals surface area contributed by atoms with Gasteiger partial charge in [-0.2, -0.15) is 4.31 Å². The molecule has 12 heteroatoms. The van der Waals surface area contributed by atoms with Gasteiger partial charge in [-0.25, -0.2) is 8.42 Å². The molecule has 1 aliphatic heterocycles. The van der Waals surface area contributed by atoms with Gasteiger partial charge in [-0.3, -0.25) is 9.59 Å². The predicted molar refractivity (Wildman–Crippen MR) is 107 cm³/mol. The number of amides is 2. The molecule has 172 valence electrons. The molecule has 0 unspecified atom stereocenters. The zero-order chi connectivity index (χ0) is 23.4. The molecule has 1 N–H and O–H groups in total. The number of hydrogen-bond acceptors (Lipinski definition) is 5. The lowest BCUT2D eigenvalue weighted by Crippen LogP contribution is -2.52. The highest BCUT2D eigenvalue weighted by molar-refractivity contribution is 7.89. The summed E-state index contributed by atoms with van der Waals surface area (Å²) in [6.07, 6.45) is -4.87. The third-order valence-corrected chi connectivity index (χ3v) is 6.64. The topological polar surface area (TPSA) is 96.0 Å². The van der Waals surface area contributed by atoms with Gasteiger partial charge in [0.25, 0.3) is 5.91 Å². The summed E-state index contributed by atoms with van der Waals surface area (Å²) in [5.41, 5.74) is 0.419. The molecule has 1 saturated heterocycles. The van der Waals surface area contributed by atoms with Crippen LogP contribution < -0.4 is 10.1 Å². The average Bonchev–Trinajstić information content (AvgIpc) is 2.77. The van der Waals surface area contributed by atoms with Crippen molar-refractivity contribution in [2.45, 2.75) is 11.3 Å². The summed E-state index contributed by atoms with van der Waals surface area (Å²) in [5.74, 6) is -1.26. The lowest BCUT2D eigenvalue weighted by atomic mass is 10.2. The van der Waals surface area contributed by atoms with Gasteiger partial charge in [-0.15, -0.1) is 13.2 Å². The number of carbonyl (C=O) groups excluding carboxylic acids is 2. The number of alkyl halides is 3. The quantitative estimate of drug-likeness (QED) is 0.694. The molecule has 32 heavy (non-hydrogen) atoms. The summed E-state index contributed by atoms with van der Waals surface area (Å²) in [5, 5.41) is 2.53. The highest BCUT2D eigenvalue weighted by Crippen LogP contribution is 2.25. The van der Waals surface area contributed by atoms with Crippen molar-refractivity contribution in [1.82, 2.24) is 14.5 Å². The molecule has 8 nitrogen and oxygen atoms in total. The number of nitrogens with one attached hydrogen (secondary N) is 1. The summed E-state index contributed by atoms with van der Waals surface area (Å²) >= 11 is 0. The third-order valence-electron chi connectivity index (χ3n) is 4.72. The van der Waals surface area contributed by atoms with Gasteiger partial charge in [0.05, 0.1) is 11.4 Å². The molecule has 0 radical (unpaired) electrons. The molecule has 2 amide bonds. The Morgan fingerprint density at radius 1 is 0.938 bits per heavy atom. The van der Waals surface area contributed by atoms with E-state index in [0.717, 1.165) is 28.6 Å². The van der Waals surface area contributed by atoms with Gasteiger partial charge in [0, 0.05) is 31.7 Å². The van der Waals surface area contributed by atoms with Gasteiger partial charge in [0.1, 0.15) is 5.75 Å². The van der Waals surface area contributed by atoms with Crippen LogP contribution in [-0.2, 0) is 14.8 Å². The van der Waals surface area contributed by atoms with Gasteiger partial charge in [-0.05, 0) is 36.4 Å². The van der Waals surface area contributed by atoms with Gasteiger partial charge in [-0.1, -0.05) is 18.2 Å². The Bertz CT molecular complexity index is 1050. The number of halogens is 3. The molecule has 0 saturated carbocycles. The molecule has 2 aromatic rings. The zero-order valence-corrected chi connectivity index (χ0v) is 17.5. The van der Waals surface area contributed by atoms with Crippen molar-refractivity contribution in [3.8, 4) is 5.75 Å². The van der Waals surface area contributed by atoms with Crippen LogP contribution in [0, 0.1) is 0 Å². The van der Waals surface area contributed by atoms with E-state index in [9.17, 15) is 31.2 Å². The second kappa shape index (κ2) is 9.57. The van der Waals surface area contributed by atoms with Crippen LogP contribution >= 0.6 is 0 Å². The van der Waals surface area contributed by atoms with E-state index in [4.69, 9.17) is 0 Å². The highest BCUT2D eigenvalue weighted by Gasteiger charge is 2.32. The minimum absolute atomic E-state index is 0.0154. The summed E-state index contributed by atoms with van der Waals surface area (Å²) < 4.78 is 67.1. The number of ether oxygens (including phenoxy) is 1. The number of nitrogens with zero attached hydrogens (tertiary/aromatic N) is 2. The zero-order valence-electron chi connectivity index (χ0n) is 16.7. The molecule has 2 aromatic carbocycles. The van der Waals surface area contributed by atoms with E-state index < -0.39 is 28.0 Å². The van der Waals surface area contributed by atoms with Crippen LogP contribution in [0.15, 0.2) is 59.5 Å². The first kappa shape index (κ1) is 23.5.